The van der Waals surface area contributed by atoms with E-state index in [2.05, 4.69) is 10.3 Å². The predicted molar refractivity (Wildman–Crippen MR) is 93.8 cm³/mol. The molecule has 1 N–H and O–H groups in total. The first-order chi connectivity index (χ1) is 12.6. The Balaban J connectivity index is 1.79. The highest BCUT2D eigenvalue weighted by atomic mass is 19.1. The van der Waals surface area contributed by atoms with Gasteiger partial charge in [0.15, 0.2) is 0 Å². The first kappa shape index (κ1) is 17.5. The van der Waals surface area contributed by atoms with Crippen molar-refractivity contribution in [2.24, 2.45) is 0 Å². The lowest BCUT2D eigenvalue weighted by Gasteiger charge is -2.11. The van der Waals surface area contributed by atoms with Gasteiger partial charge in [-0.15, -0.1) is 0 Å². The summed E-state index contributed by atoms with van der Waals surface area (Å²) in [7, 11) is 1.59. The average molecular weight is 354 g/mol. The minimum Gasteiger partial charge on any atom is -0.497 e. The number of carbonyl (C=O) groups is 1. The Labute approximate surface area is 149 Å². The normalized spacial score (nSPS) is 10.4. The summed E-state index contributed by atoms with van der Waals surface area (Å²) in [5.74, 6) is -1.52. The molecule has 0 bridgehead atoms. The summed E-state index contributed by atoms with van der Waals surface area (Å²) < 4.78 is 31.8. The van der Waals surface area contributed by atoms with Crippen molar-refractivity contribution in [1.29, 1.82) is 0 Å². The molecule has 0 unspecified atom stereocenters. The van der Waals surface area contributed by atoms with Gasteiger partial charge in [0, 0.05) is 24.4 Å². The number of amides is 1. The molecule has 0 fully saturated rings. The van der Waals surface area contributed by atoms with Crippen molar-refractivity contribution in [2.45, 2.75) is 6.54 Å². The first-order valence-electron chi connectivity index (χ1n) is 7.90. The lowest BCUT2D eigenvalue weighted by Crippen LogP contribution is -2.24. The van der Waals surface area contributed by atoms with Crippen LogP contribution in [-0.4, -0.2) is 18.0 Å². The first-order valence-corrected chi connectivity index (χ1v) is 7.90. The van der Waals surface area contributed by atoms with E-state index in [0.717, 1.165) is 29.0 Å². The Morgan fingerprint density at radius 1 is 1.12 bits per heavy atom. The minimum absolute atomic E-state index is 0.158. The third kappa shape index (κ3) is 3.85. The van der Waals surface area contributed by atoms with Gasteiger partial charge in [0.2, 0.25) is 0 Å². The highest BCUT2D eigenvalue weighted by molar-refractivity contribution is 5.94. The molecule has 6 heteroatoms. The minimum atomic E-state index is -0.899. The maximum absolute atomic E-state index is 13.7. The van der Waals surface area contributed by atoms with E-state index in [1.807, 2.05) is 30.3 Å². The lowest BCUT2D eigenvalue weighted by atomic mass is 10.1. The molecule has 1 aromatic heterocycles. The number of hydrogen-bond acceptors (Lipinski definition) is 3. The fourth-order valence-electron chi connectivity index (χ4n) is 2.53. The van der Waals surface area contributed by atoms with Crippen LogP contribution in [0.3, 0.4) is 0 Å². The molecule has 3 rings (SSSR count). The molecule has 1 heterocycles. The van der Waals surface area contributed by atoms with E-state index in [1.54, 1.807) is 19.4 Å². The highest BCUT2D eigenvalue weighted by Gasteiger charge is 2.13. The Hall–Kier alpha value is -3.28. The monoisotopic (exact) mass is 354 g/mol. The molecule has 0 saturated heterocycles. The van der Waals surface area contributed by atoms with Crippen LogP contribution in [0.15, 0.2) is 60.8 Å². The van der Waals surface area contributed by atoms with Crippen molar-refractivity contribution in [2.75, 3.05) is 7.11 Å². The molecular weight excluding hydrogens is 338 g/mol. The summed E-state index contributed by atoms with van der Waals surface area (Å²) in [5, 5.41) is 2.64. The molecule has 0 saturated carbocycles. The van der Waals surface area contributed by atoms with E-state index >= 15 is 0 Å². The maximum Gasteiger partial charge on any atom is 0.254 e. The summed E-state index contributed by atoms with van der Waals surface area (Å²) >= 11 is 0. The number of nitrogens with zero attached hydrogens (tertiary/aromatic N) is 1. The van der Waals surface area contributed by atoms with Crippen LogP contribution >= 0.6 is 0 Å². The molecule has 4 nitrogen and oxygen atoms in total. The highest BCUT2D eigenvalue weighted by Crippen LogP contribution is 2.23. The number of hydrogen-bond donors (Lipinski definition) is 1. The summed E-state index contributed by atoms with van der Waals surface area (Å²) in [6.07, 6.45) is 1.66. The van der Waals surface area contributed by atoms with Gasteiger partial charge >= 0.3 is 0 Å². The number of ether oxygens (including phenoxy) is 1. The Morgan fingerprint density at radius 2 is 1.88 bits per heavy atom. The van der Waals surface area contributed by atoms with Gasteiger partial charge in [0.25, 0.3) is 5.91 Å². The number of pyridine rings is 1. The van der Waals surface area contributed by atoms with Crippen molar-refractivity contribution >= 4 is 5.91 Å². The number of benzene rings is 2. The van der Waals surface area contributed by atoms with Gasteiger partial charge in [-0.3, -0.25) is 9.78 Å². The molecule has 0 radical (unpaired) electrons. The number of carbonyl (C=O) groups excluding carboxylic acids is 1. The fourth-order valence-corrected chi connectivity index (χ4v) is 2.53. The van der Waals surface area contributed by atoms with Crippen molar-refractivity contribution in [3.63, 3.8) is 0 Å². The fraction of sp³-hybridized carbons (Fsp3) is 0.100. The molecule has 0 aliphatic carbocycles. The molecule has 0 aliphatic rings. The van der Waals surface area contributed by atoms with E-state index in [0.29, 0.717) is 11.8 Å². The van der Waals surface area contributed by atoms with Gasteiger partial charge in [-0.05, 0) is 48.0 Å². The molecule has 1 amide bonds. The lowest BCUT2D eigenvalue weighted by molar-refractivity contribution is 0.0947. The van der Waals surface area contributed by atoms with Gasteiger partial charge in [-0.1, -0.05) is 6.07 Å². The zero-order chi connectivity index (χ0) is 18.5. The Morgan fingerprint density at radius 3 is 2.58 bits per heavy atom. The Bertz CT molecular complexity index is 927. The molecule has 0 aliphatic heterocycles. The average Bonchev–Trinajstić information content (AvgIpc) is 2.66. The second kappa shape index (κ2) is 7.74. The topological polar surface area (TPSA) is 51.2 Å². The number of rotatable bonds is 5. The van der Waals surface area contributed by atoms with Crippen LogP contribution in [0, 0.1) is 11.6 Å². The summed E-state index contributed by atoms with van der Waals surface area (Å²) in [6, 6.07) is 13.8. The van der Waals surface area contributed by atoms with Gasteiger partial charge < -0.3 is 10.1 Å². The molecule has 2 aromatic carbocycles. The standard InChI is InChI=1S/C20H16F2N2O2/c1-26-16-7-4-13(5-8-16)19-14(3-2-10-23-19)12-24-20(25)17-9-6-15(21)11-18(17)22/h2-11H,12H2,1H3,(H,24,25). The molecule has 26 heavy (non-hydrogen) atoms. The molecule has 0 atom stereocenters. The molecule has 0 spiro atoms. The zero-order valence-corrected chi connectivity index (χ0v) is 14.0. The van der Waals surface area contributed by atoms with E-state index in [9.17, 15) is 13.6 Å². The van der Waals surface area contributed by atoms with E-state index in [4.69, 9.17) is 4.74 Å². The van der Waals surface area contributed by atoms with Crippen LogP contribution in [0.25, 0.3) is 11.3 Å². The molecule has 132 valence electrons. The van der Waals surface area contributed by atoms with Crippen LogP contribution in [0.1, 0.15) is 15.9 Å². The zero-order valence-electron chi connectivity index (χ0n) is 14.0. The summed E-state index contributed by atoms with van der Waals surface area (Å²) in [4.78, 5) is 16.5. The van der Waals surface area contributed by atoms with E-state index < -0.39 is 17.5 Å². The number of halogens is 2. The second-order valence-corrected chi connectivity index (χ2v) is 5.55. The van der Waals surface area contributed by atoms with Gasteiger partial charge in [-0.25, -0.2) is 8.78 Å². The van der Waals surface area contributed by atoms with Crippen molar-refractivity contribution in [3.05, 3.63) is 83.6 Å². The van der Waals surface area contributed by atoms with Gasteiger partial charge in [0.05, 0.1) is 18.4 Å². The van der Waals surface area contributed by atoms with Gasteiger partial charge in [0.1, 0.15) is 17.4 Å². The summed E-state index contributed by atoms with van der Waals surface area (Å²) in [5.41, 5.74) is 2.13. The SMILES string of the molecule is COc1ccc(-c2ncccc2CNC(=O)c2ccc(F)cc2F)cc1. The van der Waals surface area contributed by atoms with Crippen LogP contribution < -0.4 is 10.1 Å². The maximum atomic E-state index is 13.7. The van der Waals surface area contributed by atoms with Crippen molar-refractivity contribution < 1.29 is 18.3 Å². The third-order valence-corrected chi connectivity index (χ3v) is 3.87. The largest absolute Gasteiger partial charge is 0.497 e. The van der Waals surface area contributed by atoms with E-state index in [-0.39, 0.29) is 12.1 Å². The number of aromatic nitrogens is 1. The number of nitrogens with one attached hydrogen (secondary N) is 1. The van der Waals surface area contributed by atoms with Gasteiger partial charge in [-0.2, -0.15) is 0 Å². The van der Waals surface area contributed by atoms with Crippen LogP contribution in [-0.2, 0) is 6.54 Å². The molecular formula is C20H16F2N2O2. The van der Waals surface area contributed by atoms with Crippen LogP contribution in [0.5, 0.6) is 5.75 Å². The van der Waals surface area contributed by atoms with Crippen molar-refractivity contribution in [3.8, 4) is 17.0 Å². The van der Waals surface area contributed by atoms with E-state index in [1.165, 1.54) is 0 Å². The quantitative estimate of drug-likeness (QED) is 0.754. The van der Waals surface area contributed by atoms with Crippen molar-refractivity contribution in [1.82, 2.24) is 10.3 Å². The van der Waals surface area contributed by atoms with Crippen LogP contribution in [0.2, 0.25) is 0 Å². The van der Waals surface area contributed by atoms with Crippen LogP contribution in [0.4, 0.5) is 8.78 Å². The predicted octanol–water partition coefficient (Wildman–Crippen LogP) is 3.97. The second-order valence-electron chi connectivity index (χ2n) is 5.55. The smallest absolute Gasteiger partial charge is 0.254 e. The number of methoxy groups -OCH3 is 1. The molecule has 3 aromatic rings. The summed E-state index contributed by atoms with van der Waals surface area (Å²) in [6.45, 7) is 0.158. The Kier molecular flexibility index (Phi) is 5.22. The third-order valence-electron chi connectivity index (χ3n) is 3.87.